The van der Waals surface area contributed by atoms with Crippen molar-refractivity contribution in [1.29, 1.82) is 5.26 Å². The van der Waals surface area contributed by atoms with E-state index in [9.17, 15) is 13.9 Å². The fourth-order valence-electron chi connectivity index (χ4n) is 2.74. The fraction of sp³-hybridized carbons (Fsp3) is 0.278. The molecule has 0 saturated heterocycles. The number of alkyl halides is 2. The SMILES string of the molecule is C=C/C=C(C#N)\C=C(/C)Nc1ccc(C)c2c1CC(F)(F)[C@H]2O. The standard InChI is InChI=1S/C18H18F2N2O/c1-4-5-13(10-21)8-12(3)22-15-7-6-11(2)16-14(15)9-18(19,20)17(16)23/h4-8,17,22-23H,1,9H2,2-3H3/b12-8+,13-5+/t17-/m0/s1. The van der Waals surface area contributed by atoms with Crippen molar-refractivity contribution in [3.63, 3.8) is 0 Å². The largest absolute Gasteiger partial charge is 0.382 e. The number of nitrogens with one attached hydrogen (secondary N) is 1. The number of aryl methyl sites for hydroxylation is 1. The maximum absolute atomic E-state index is 13.8. The average molecular weight is 316 g/mol. The van der Waals surface area contributed by atoms with Crippen LogP contribution in [0.2, 0.25) is 0 Å². The van der Waals surface area contributed by atoms with Crippen LogP contribution < -0.4 is 5.32 Å². The van der Waals surface area contributed by atoms with Crippen LogP contribution in [0.25, 0.3) is 0 Å². The van der Waals surface area contributed by atoms with Gasteiger partial charge in [0.05, 0.1) is 11.6 Å². The first-order valence-corrected chi connectivity index (χ1v) is 7.16. The van der Waals surface area contributed by atoms with E-state index in [0.717, 1.165) is 0 Å². The number of anilines is 1. The molecule has 120 valence electrons. The van der Waals surface area contributed by atoms with Crippen LogP contribution in [0, 0.1) is 18.3 Å². The smallest absolute Gasteiger partial charge is 0.281 e. The molecule has 23 heavy (non-hydrogen) atoms. The van der Waals surface area contributed by atoms with Gasteiger partial charge in [-0.15, -0.1) is 0 Å². The summed E-state index contributed by atoms with van der Waals surface area (Å²) in [4.78, 5) is 0. The van der Waals surface area contributed by atoms with Crippen molar-refractivity contribution in [2.24, 2.45) is 0 Å². The zero-order chi connectivity index (χ0) is 17.2. The first-order chi connectivity index (χ1) is 10.8. The van der Waals surface area contributed by atoms with E-state index < -0.39 is 18.4 Å². The molecule has 1 aliphatic rings. The Bertz CT molecular complexity index is 742. The summed E-state index contributed by atoms with van der Waals surface area (Å²) in [5.74, 6) is -3.16. The third-order valence-electron chi connectivity index (χ3n) is 3.79. The molecule has 0 saturated carbocycles. The first-order valence-electron chi connectivity index (χ1n) is 7.16. The lowest BCUT2D eigenvalue weighted by molar-refractivity contribution is -0.0969. The number of aliphatic hydroxyl groups is 1. The number of halogens is 2. The van der Waals surface area contributed by atoms with Gasteiger partial charge in [0.15, 0.2) is 0 Å². The summed E-state index contributed by atoms with van der Waals surface area (Å²) in [5, 5.41) is 21.9. The number of nitriles is 1. The van der Waals surface area contributed by atoms with Gasteiger partial charge in [0, 0.05) is 17.8 Å². The van der Waals surface area contributed by atoms with Gasteiger partial charge in [0.25, 0.3) is 5.92 Å². The van der Waals surface area contributed by atoms with Gasteiger partial charge in [-0.3, -0.25) is 0 Å². The van der Waals surface area contributed by atoms with Gasteiger partial charge < -0.3 is 10.4 Å². The lowest BCUT2D eigenvalue weighted by atomic mass is 10.0. The van der Waals surface area contributed by atoms with Gasteiger partial charge in [-0.1, -0.05) is 18.7 Å². The van der Waals surface area contributed by atoms with Crippen LogP contribution in [0.5, 0.6) is 0 Å². The van der Waals surface area contributed by atoms with E-state index in [4.69, 9.17) is 5.26 Å². The number of rotatable bonds is 4. The summed E-state index contributed by atoms with van der Waals surface area (Å²) in [6.07, 6.45) is 2.39. The second-order valence-corrected chi connectivity index (χ2v) is 5.58. The van der Waals surface area contributed by atoms with Crippen molar-refractivity contribution >= 4 is 5.69 Å². The summed E-state index contributed by atoms with van der Waals surface area (Å²) in [6.45, 7) is 6.98. The molecule has 0 aromatic heterocycles. The van der Waals surface area contributed by atoms with Crippen LogP contribution in [0.4, 0.5) is 14.5 Å². The topological polar surface area (TPSA) is 56.0 Å². The molecule has 1 aromatic rings. The minimum absolute atomic E-state index is 0.287. The number of aliphatic hydroxyl groups excluding tert-OH is 1. The van der Waals surface area contributed by atoms with E-state index in [1.54, 1.807) is 38.1 Å². The second-order valence-electron chi connectivity index (χ2n) is 5.58. The summed E-state index contributed by atoms with van der Waals surface area (Å²) in [6, 6.07) is 5.42. The highest BCUT2D eigenvalue weighted by molar-refractivity contribution is 5.63. The van der Waals surface area contributed by atoms with Crippen molar-refractivity contribution in [1.82, 2.24) is 0 Å². The quantitative estimate of drug-likeness (QED) is 0.647. The van der Waals surface area contributed by atoms with E-state index in [1.807, 2.05) is 6.07 Å². The predicted molar refractivity (Wildman–Crippen MR) is 86.1 cm³/mol. The van der Waals surface area contributed by atoms with Crippen LogP contribution >= 0.6 is 0 Å². The van der Waals surface area contributed by atoms with Crippen LogP contribution in [-0.2, 0) is 6.42 Å². The maximum Gasteiger partial charge on any atom is 0.281 e. The summed E-state index contributed by atoms with van der Waals surface area (Å²) in [7, 11) is 0. The van der Waals surface area contributed by atoms with Crippen molar-refractivity contribution in [2.45, 2.75) is 32.3 Å². The maximum atomic E-state index is 13.8. The molecule has 0 aliphatic heterocycles. The molecule has 1 aliphatic carbocycles. The number of hydrogen-bond acceptors (Lipinski definition) is 3. The molecule has 3 nitrogen and oxygen atoms in total. The fourth-order valence-corrected chi connectivity index (χ4v) is 2.74. The molecule has 0 bridgehead atoms. The van der Waals surface area contributed by atoms with Gasteiger partial charge >= 0.3 is 0 Å². The molecule has 0 radical (unpaired) electrons. The van der Waals surface area contributed by atoms with Gasteiger partial charge in [0.2, 0.25) is 0 Å². The summed E-state index contributed by atoms with van der Waals surface area (Å²) < 4.78 is 27.7. The van der Waals surface area contributed by atoms with Crippen LogP contribution in [0.15, 0.2) is 48.2 Å². The zero-order valence-electron chi connectivity index (χ0n) is 13.0. The molecule has 0 unspecified atom stereocenters. The van der Waals surface area contributed by atoms with Gasteiger partial charge in [-0.2, -0.15) is 5.26 Å². The van der Waals surface area contributed by atoms with Crippen LogP contribution in [-0.4, -0.2) is 11.0 Å². The van der Waals surface area contributed by atoms with E-state index in [0.29, 0.717) is 28.1 Å². The highest BCUT2D eigenvalue weighted by atomic mass is 19.3. The highest BCUT2D eigenvalue weighted by Crippen LogP contribution is 2.47. The lowest BCUT2D eigenvalue weighted by Crippen LogP contribution is -2.21. The van der Waals surface area contributed by atoms with Crippen molar-refractivity contribution in [2.75, 3.05) is 5.32 Å². The molecule has 0 fully saturated rings. The van der Waals surface area contributed by atoms with Crippen molar-refractivity contribution < 1.29 is 13.9 Å². The number of allylic oxidation sites excluding steroid dienone is 5. The molecule has 0 heterocycles. The Labute approximate surface area is 134 Å². The van der Waals surface area contributed by atoms with Crippen LogP contribution in [0.3, 0.4) is 0 Å². The molecule has 0 amide bonds. The van der Waals surface area contributed by atoms with E-state index >= 15 is 0 Å². The molecule has 0 spiro atoms. The minimum atomic E-state index is -3.16. The third-order valence-corrected chi connectivity index (χ3v) is 3.79. The van der Waals surface area contributed by atoms with Gasteiger partial charge in [-0.25, -0.2) is 8.78 Å². The molecule has 2 rings (SSSR count). The Hall–Kier alpha value is -2.45. The summed E-state index contributed by atoms with van der Waals surface area (Å²) in [5.41, 5.74) is 2.90. The van der Waals surface area contributed by atoms with E-state index in [-0.39, 0.29) is 5.56 Å². The third kappa shape index (κ3) is 3.33. The average Bonchev–Trinajstić information content (AvgIpc) is 2.73. The Balaban J connectivity index is 2.38. The van der Waals surface area contributed by atoms with Crippen molar-refractivity contribution in [3.05, 3.63) is 64.9 Å². The second kappa shape index (κ2) is 6.35. The Morgan fingerprint density at radius 2 is 2.22 bits per heavy atom. The monoisotopic (exact) mass is 316 g/mol. The van der Waals surface area contributed by atoms with E-state index in [1.165, 1.54) is 6.08 Å². The normalized spacial score (nSPS) is 19.9. The van der Waals surface area contributed by atoms with Crippen LogP contribution in [0.1, 0.15) is 29.7 Å². The number of hydrogen-bond donors (Lipinski definition) is 2. The highest BCUT2D eigenvalue weighted by Gasteiger charge is 2.48. The van der Waals surface area contributed by atoms with Gasteiger partial charge in [-0.05, 0) is 48.8 Å². The molecule has 1 aromatic carbocycles. The predicted octanol–water partition coefficient (Wildman–Crippen LogP) is 4.17. The lowest BCUT2D eigenvalue weighted by Gasteiger charge is -2.15. The Morgan fingerprint density at radius 1 is 1.52 bits per heavy atom. The van der Waals surface area contributed by atoms with Crippen molar-refractivity contribution in [3.8, 4) is 6.07 Å². The molecule has 1 atom stereocenters. The Kier molecular flexibility index (Phi) is 4.67. The molecule has 2 N–H and O–H groups in total. The molecular weight excluding hydrogens is 298 g/mol. The van der Waals surface area contributed by atoms with E-state index in [2.05, 4.69) is 11.9 Å². The minimum Gasteiger partial charge on any atom is -0.382 e. The Morgan fingerprint density at radius 3 is 2.83 bits per heavy atom. The first kappa shape index (κ1) is 16.9. The number of fused-ring (bicyclic) bond motifs is 1. The summed E-state index contributed by atoms with van der Waals surface area (Å²) >= 11 is 0. The van der Waals surface area contributed by atoms with Gasteiger partial charge in [0.1, 0.15) is 6.10 Å². The molecule has 5 heteroatoms. The number of nitrogens with zero attached hydrogens (tertiary/aromatic N) is 1. The molecular formula is C18H18F2N2O. The number of benzene rings is 1. The zero-order valence-corrected chi connectivity index (χ0v) is 13.0.